The second kappa shape index (κ2) is 4.26. The van der Waals surface area contributed by atoms with Crippen LogP contribution in [0.5, 0.6) is 0 Å². The number of hydrogen-bond donors (Lipinski definition) is 1. The lowest BCUT2D eigenvalue weighted by molar-refractivity contribution is 0.235. The van der Waals surface area contributed by atoms with Crippen molar-refractivity contribution in [2.24, 2.45) is 7.05 Å². The summed E-state index contributed by atoms with van der Waals surface area (Å²) in [6.07, 6.45) is 1.43. The van der Waals surface area contributed by atoms with Gasteiger partial charge >= 0.3 is 0 Å². The van der Waals surface area contributed by atoms with Crippen LogP contribution in [0.4, 0.5) is 0 Å². The predicted octanol–water partition coefficient (Wildman–Crippen LogP) is 1.62. The summed E-state index contributed by atoms with van der Waals surface area (Å²) in [5, 5.41) is 8.00. The van der Waals surface area contributed by atoms with Crippen LogP contribution in [0.2, 0.25) is 0 Å². The van der Waals surface area contributed by atoms with Crippen molar-refractivity contribution < 1.29 is 4.74 Å². The SMILES string of the molecule is C=COCCn1c(=N)n(C)c2ccccc21. The minimum Gasteiger partial charge on any atom is -0.500 e. The Morgan fingerprint density at radius 2 is 2.06 bits per heavy atom. The fourth-order valence-electron chi connectivity index (χ4n) is 1.84. The first kappa shape index (κ1) is 10.5. The number of nitrogens with zero attached hydrogens (tertiary/aromatic N) is 2. The smallest absolute Gasteiger partial charge is 0.202 e. The Balaban J connectivity index is 2.47. The molecule has 0 aliphatic rings. The molecule has 1 aromatic carbocycles. The molecule has 1 heterocycles. The molecular formula is C12H15N3O. The Kier molecular flexibility index (Phi) is 2.81. The van der Waals surface area contributed by atoms with Crippen molar-refractivity contribution in [3.05, 3.63) is 42.7 Å². The van der Waals surface area contributed by atoms with Crippen LogP contribution in [0, 0.1) is 5.41 Å². The maximum Gasteiger partial charge on any atom is 0.202 e. The fraction of sp³-hybridized carbons (Fsp3) is 0.250. The van der Waals surface area contributed by atoms with Crippen molar-refractivity contribution in [2.45, 2.75) is 6.54 Å². The summed E-state index contributed by atoms with van der Waals surface area (Å²) >= 11 is 0. The first-order valence-electron chi connectivity index (χ1n) is 5.17. The zero-order chi connectivity index (χ0) is 11.5. The summed E-state index contributed by atoms with van der Waals surface area (Å²) in [5.41, 5.74) is 2.60. The summed E-state index contributed by atoms with van der Waals surface area (Å²) in [7, 11) is 1.90. The number of ether oxygens (including phenoxy) is 1. The van der Waals surface area contributed by atoms with Gasteiger partial charge < -0.3 is 13.9 Å². The number of hydrogen-bond acceptors (Lipinski definition) is 2. The van der Waals surface area contributed by atoms with Gasteiger partial charge in [0.05, 0.1) is 23.8 Å². The molecule has 1 aromatic heterocycles. The molecule has 0 saturated heterocycles. The Morgan fingerprint density at radius 3 is 2.75 bits per heavy atom. The molecule has 4 heteroatoms. The minimum atomic E-state index is 0.480. The standard InChI is InChI=1S/C12H15N3O/c1-3-16-9-8-15-11-7-5-4-6-10(11)14(2)12(15)13/h3-7,13H,1,8-9H2,2H3. The van der Waals surface area contributed by atoms with E-state index in [0.717, 1.165) is 11.0 Å². The van der Waals surface area contributed by atoms with E-state index >= 15 is 0 Å². The molecule has 4 nitrogen and oxygen atoms in total. The topological polar surface area (TPSA) is 42.9 Å². The largest absolute Gasteiger partial charge is 0.500 e. The number of nitrogens with one attached hydrogen (secondary N) is 1. The molecule has 0 radical (unpaired) electrons. The lowest BCUT2D eigenvalue weighted by Gasteiger charge is -2.03. The molecule has 0 aliphatic heterocycles. The third kappa shape index (κ3) is 1.62. The summed E-state index contributed by atoms with van der Waals surface area (Å²) in [5.74, 6) is 0. The van der Waals surface area contributed by atoms with E-state index in [1.54, 1.807) is 0 Å². The van der Waals surface area contributed by atoms with Crippen LogP contribution in [0.1, 0.15) is 0 Å². The van der Waals surface area contributed by atoms with Gasteiger partial charge in [0.2, 0.25) is 5.62 Å². The minimum absolute atomic E-state index is 0.480. The van der Waals surface area contributed by atoms with E-state index in [9.17, 15) is 0 Å². The molecule has 0 aliphatic carbocycles. The van der Waals surface area contributed by atoms with Crippen molar-refractivity contribution in [2.75, 3.05) is 6.61 Å². The predicted molar refractivity (Wildman–Crippen MR) is 62.9 cm³/mol. The third-order valence-corrected chi connectivity index (χ3v) is 2.66. The van der Waals surface area contributed by atoms with E-state index in [4.69, 9.17) is 10.1 Å². The Hall–Kier alpha value is -1.97. The molecule has 0 atom stereocenters. The van der Waals surface area contributed by atoms with Gasteiger partial charge in [0.25, 0.3) is 0 Å². The lowest BCUT2D eigenvalue weighted by Crippen LogP contribution is -2.24. The molecule has 2 aromatic rings. The van der Waals surface area contributed by atoms with Crippen molar-refractivity contribution in [1.82, 2.24) is 9.13 Å². The summed E-state index contributed by atoms with van der Waals surface area (Å²) in [6.45, 7) is 4.69. The van der Waals surface area contributed by atoms with Gasteiger partial charge in [0.1, 0.15) is 6.61 Å². The summed E-state index contributed by atoms with van der Waals surface area (Å²) in [4.78, 5) is 0. The van der Waals surface area contributed by atoms with E-state index in [-0.39, 0.29) is 0 Å². The van der Waals surface area contributed by atoms with E-state index in [1.807, 2.05) is 40.4 Å². The second-order valence-corrected chi connectivity index (χ2v) is 3.56. The molecule has 0 bridgehead atoms. The normalized spacial score (nSPS) is 10.6. The Bertz CT molecular complexity index is 565. The monoisotopic (exact) mass is 217 g/mol. The van der Waals surface area contributed by atoms with Crippen LogP contribution < -0.4 is 5.62 Å². The average Bonchev–Trinajstić information content (AvgIpc) is 2.55. The van der Waals surface area contributed by atoms with E-state index in [0.29, 0.717) is 18.8 Å². The third-order valence-electron chi connectivity index (χ3n) is 2.66. The zero-order valence-corrected chi connectivity index (χ0v) is 9.31. The van der Waals surface area contributed by atoms with Gasteiger partial charge in [-0.3, -0.25) is 5.41 Å². The van der Waals surface area contributed by atoms with E-state index in [2.05, 4.69) is 6.58 Å². The molecule has 0 amide bonds. The van der Waals surface area contributed by atoms with Crippen molar-refractivity contribution >= 4 is 11.0 Å². The van der Waals surface area contributed by atoms with Gasteiger partial charge in [0.15, 0.2) is 0 Å². The number of rotatable bonds is 4. The summed E-state index contributed by atoms with van der Waals surface area (Å²) in [6, 6.07) is 7.98. The zero-order valence-electron chi connectivity index (χ0n) is 9.31. The van der Waals surface area contributed by atoms with Crippen molar-refractivity contribution in [3.8, 4) is 0 Å². The highest BCUT2D eigenvalue weighted by atomic mass is 16.5. The number of aryl methyl sites for hydroxylation is 1. The highest BCUT2D eigenvalue weighted by Crippen LogP contribution is 2.10. The van der Waals surface area contributed by atoms with Gasteiger partial charge in [0, 0.05) is 7.05 Å². The number of fused-ring (bicyclic) bond motifs is 1. The van der Waals surface area contributed by atoms with Gasteiger partial charge in [-0.1, -0.05) is 18.7 Å². The quantitative estimate of drug-likeness (QED) is 0.613. The highest BCUT2D eigenvalue weighted by molar-refractivity contribution is 5.75. The number of benzene rings is 1. The molecule has 0 saturated carbocycles. The second-order valence-electron chi connectivity index (χ2n) is 3.56. The lowest BCUT2D eigenvalue weighted by atomic mass is 10.3. The van der Waals surface area contributed by atoms with E-state index < -0.39 is 0 Å². The molecule has 16 heavy (non-hydrogen) atoms. The van der Waals surface area contributed by atoms with Crippen LogP contribution in [0.3, 0.4) is 0 Å². The molecule has 0 fully saturated rings. The molecule has 1 N–H and O–H groups in total. The van der Waals surface area contributed by atoms with Crippen LogP contribution >= 0.6 is 0 Å². The van der Waals surface area contributed by atoms with Crippen molar-refractivity contribution in [3.63, 3.8) is 0 Å². The number of imidazole rings is 1. The van der Waals surface area contributed by atoms with Crippen LogP contribution in [0.15, 0.2) is 37.1 Å². The number of para-hydroxylation sites is 2. The average molecular weight is 217 g/mol. The highest BCUT2D eigenvalue weighted by Gasteiger charge is 2.06. The van der Waals surface area contributed by atoms with Crippen molar-refractivity contribution in [1.29, 1.82) is 5.41 Å². The molecule has 0 unspecified atom stereocenters. The number of aromatic nitrogens is 2. The van der Waals surface area contributed by atoms with Gasteiger partial charge in [-0.05, 0) is 12.1 Å². The van der Waals surface area contributed by atoms with Crippen LogP contribution in [0.25, 0.3) is 11.0 Å². The molecule has 84 valence electrons. The van der Waals surface area contributed by atoms with E-state index in [1.165, 1.54) is 6.26 Å². The Labute approximate surface area is 93.9 Å². The van der Waals surface area contributed by atoms with Gasteiger partial charge in [-0.2, -0.15) is 0 Å². The summed E-state index contributed by atoms with van der Waals surface area (Å²) < 4.78 is 8.89. The fourth-order valence-corrected chi connectivity index (χ4v) is 1.84. The Morgan fingerprint density at radius 1 is 1.38 bits per heavy atom. The molecule has 2 rings (SSSR count). The van der Waals surface area contributed by atoms with Gasteiger partial charge in [-0.25, -0.2) is 0 Å². The maximum atomic E-state index is 8.00. The maximum absolute atomic E-state index is 8.00. The molecule has 0 spiro atoms. The van der Waals surface area contributed by atoms with Crippen LogP contribution in [-0.4, -0.2) is 15.7 Å². The van der Waals surface area contributed by atoms with Crippen LogP contribution in [-0.2, 0) is 18.3 Å². The van der Waals surface area contributed by atoms with Gasteiger partial charge in [-0.15, -0.1) is 0 Å². The first-order valence-corrected chi connectivity index (χ1v) is 5.17. The molecular weight excluding hydrogens is 202 g/mol. The first-order chi connectivity index (χ1) is 7.75.